The maximum Gasteiger partial charge on any atom is 0.328 e. The molecule has 0 saturated carbocycles. The number of nitrogens with two attached hydrogens (primary N) is 1. The lowest BCUT2D eigenvalue weighted by atomic mass is 10.00. The number of nitrogens with one attached hydrogen (secondary N) is 3. The predicted octanol–water partition coefficient (Wildman–Crippen LogP) is -0.308. The molecule has 0 radical (unpaired) electrons. The zero-order valence-electron chi connectivity index (χ0n) is 20.8. The van der Waals surface area contributed by atoms with E-state index < -0.39 is 60.4 Å². The molecule has 0 spiro atoms. The molecule has 2 aromatic rings. The Kier molecular flexibility index (Phi) is 11.0. The molecule has 8 N–H and O–H groups in total. The van der Waals surface area contributed by atoms with Gasteiger partial charge in [0.25, 0.3) is 0 Å². The third-order valence-corrected chi connectivity index (χ3v) is 5.69. The van der Waals surface area contributed by atoms with Crippen LogP contribution in [0.15, 0.2) is 54.6 Å². The number of benzene rings is 2. The molecule has 0 fully saturated rings. The highest BCUT2D eigenvalue weighted by Gasteiger charge is 2.32. The minimum Gasteiger partial charge on any atom is -0.508 e. The van der Waals surface area contributed by atoms with E-state index in [0.29, 0.717) is 0 Å². The second-order valence-corrected chi connectivity index (χ2v) is 9.04. The Morgan fingerprint density at radius 2 is 1.35 bits per heavy atom. The number of carbonyl (C=O) groups is 4. The molecule has 0 aliphatic carbocycles. The van der Waals surface area contributed by atoms with Crippen LogP contribution in [0.3, 0.4) is 0 Å². The van der Waals surface area contributed by atoms with Crippen molar-refractivity contribution in [3.05, 3.63) is 65.7 Å². The average molecular weight is 515 g/mol. The van der Waals surface area contributed by atoms with E-state index in [2.05, 4.69) is 16.0 Å². The molecule has 4 atom stereocenters. The second-order valence-electron chi connectivity index (χ2n) is 9.04. The van der Waals surface area contributed by atoms with Crippen molar-refractivity contribution in [1.82, 2.24) is 16.0 Å². The summed E-state index contributed by atoms with van der Waals surface area (Å²) in [6.07, 6.45) is 0.283. The molecular weight excluding hydrogens is 480 g/mol. The zero-order valence-corrected chi connectivity index (χ0v) is 20.8. The fourth-order valence-corrected chi connectivity index (χ4v) is 3.55. The maximum atomic E-state index is 13.3. The Hall–Kier alpha value is -3.96. The number of carboxylic acid groups (broad SMARTS) is 1. The van der Waals surface area contributed by atoms with Crippen LogP contribution in [0, 0.1) is 5.92 Å². The summed E-state index contributed by atoms with van der Waals surface area (Å²) >= 11 is 0. The van der Waals surface area contributed by atoms with E-state index in [-0.39, 0.29) is 18.6 Å². The molecule has 4 unspecified atom stereocenters. The van der Waals surface area contributed by atoms with Crippen molar-refractivity contribution < 1.29 is 34.5 Å². The van der Waals surface area contributed by atoms with Gasteiger partial charge in [0.05, 0.1) is 12.6 Å². The third kappa shape index (κ3) is 9.21. The van der Waals surface area contributed by atoms with Gasteiger partial charge in [-0.15, -0.1) is 0 Å². The van der Waals surface area contributed by atoms with Crippen molar-refractivity contribution in [2.45, 2.75) is 50.9 Å². The van der Waals surface area contributed by atoms with Crippen LogP contribution >= 0.6 is 0 Å². The summed E-state index contributed by atoms with van der Waals surface area (Å²) in [6, 6.07) is 10.5. The van der Waals surface area contributed by atoms with E-state index in [1.807, 2.05) is 6.07 Å². The van der Waals surface area contributed by atoms with Gasteiger partial charge < -0.3 is 37.0 Å². The van der Waals surface area contributed by atoms with Gasteiger partial charge in [-0.2, -0.15) is 0 Å². The van der Waals surface area contributed by atoms with Gasteiger partial charge in [-0.3, -0.25) is 14.4 Å². The van der Waals surface area contributed by atoms with Crippen LogP contribution in [-0.4, -0.2) is 69.8 Å². The van der Waals surface area contributed by atoms with Gasteiger partial charge in [-0.25, -0.2) is 4.79 Å². The Morgan fingerprint density at radius 1 is 0.784 bits per heavy atom. The highest BCUT2D eigenvalue weighted by molar-refractivity contribution is 5.94. The summed E-state index contributed by atoms with van der Waals surface area (Å²) in [5.74, 6) is -3.78. The van der Waals surface area contributed by atoms with Crippen molar-refractivity contribution in [1.29, 1.82) is 0 Å². The molecule has 2 aromatic carbocycles. The summed E-state index contributed by atoms with van der Waals surface area (Å²) in [4.78, 5) is 50.1. The lowest BCUT2D eigenvalue weighted by Crippen LogP contribution is -2.59. The first-order valence-corrected chi connectivity index (χ1v) is 11.8. The summed E-state index contributed by atoms with van der Waals surface area (Å²) in [6.45, 7) is 2.51. The number of carboxylic acids is 1. The van der Waals surface area contributed by atoms with E-state index in [4.69, 9.17) is 10.8 Å². The first kappa shape index (κ1) is 29.3. The van der Waals surface area contributed by atoms with E-state index in [1.165, 1.54) is 12.1 Å². The van der Waals surface area contributed by atoms with Crippen molar-refractivity contribution in [2.24, 2.45) is 11.7 Å². The van der Waals surface area contributed by atoms with E-state index in [1.54, 1.807) is 50.2 Å². The van der Waals surface area contributed by atoms with Gasteiger partial charge in [-0.1, -0.05) is 56.3 Å². The van der Waals surface area contributed by atoms with Crippen LogP contribution in [0.5, 0.6) is 5.75 Å². The normalized spacial score (nSPS) is 14.2. The number of rotatable bonds is 13. The van der Waals surface area contributed by atoms with Gasteiger partial charge in [0.15, 0.2) is 0 Å². The highest BCUT2D eigenvalue weighted by atomic mass is 16.4. The highest BCUT2D eigenvalue weighted by Crippen LogP contribution is 2.12. The Morgan fingerprint density at radius 3 is 1.89 bits per heavy atom. The standard InChI is InChI=1S/C26H34N4O7/c1-15(2)22(25(35)29-21(14-31)26(36)37)30-24(34)20(13-16-6-4-3-5-7-16)28-23(33)19(27)12-17-8-10-18(32)11-9-17/h3-11,15,19-22,31-32H,12-14,27H2,1-2H3,(H,28,33)(H,29,35)(H,30,34)(H,36,37). The van der Waals surface area contributed by atoms with Gasteiger partial charge in [-0.05, 0) is 35.6 Å². The molecule has 3 amide bonds. The molecule has 11 nitrogen and oxygen atoms in total. The van der Waals surface area contributed by atoms with Gasteiger partial charge in [0.1, 0.15) is 23.9 Å². The van der Waals surface area contributed by atoms with E-state index >= 15 is 0 Å². The van der Waals surface area contributed by atoms with Crippen LogP contribution < -0.4 is 21.7 Å². The maximum absolute atomic E-state index is 13.3. The smallest absolute Gasteiger partial charge is 0.328 e. The fraction of sp³-hybridized carbons (Fsp3) is 0.385. The third-order valence-electron chi connectivity index (χ3n) is 5.69. The summed E-state index contributed by atoms with van der Waals surface area (Å²) in [5.41, 5.74) is 7.55. The number of aliphatic hydroxyl groups excluding tert-OH is 1. The largest absolute Gasteiger partial charge is 0.508 e. The second kappa shape index (κ2) is 14.0. The molecule has 2 rings (SSSR count). The summed E-state index contributed by atoms with van der Waals surface area (Å²) in [7, 11) is 0. The van der Waals surface area contributed by atoms with Crippen LogP contribution in [0.1, 0.15) is 25.0 Å². The number of carbonyl (C=O) groups excluding carboxylic acids is 3. The molecule has 0 aromatic heterocycles. The lowest BCUT2D eigenvalue weighted by Gasteiger charge is -2.27. The molecule has 0 aliphatic rings. The monoisotopic (exact) mass is 514 g/mol. The molecule has 0 heterocycles. The number of aliphatic carboxylic acids is 1. The molecular formula is C26H34N4O7. The minimum atomic E-state index is -1.52. The minimum absolute atomic E-state index is 0.0822. The van der Waals surface area contributed by atoms with Crippen molar-refractivity contribution in [3.63, 3.8) is 0 Å². The van der Waals surface area contributed by atoms with E-state index in [0.717, 1.165) is 11.1 Å². The van der Waals surface area contributed by atoms with E-state index in [9.17, 15) is 29.4 Å². The van der Waals surface area contributed by atoms with Crippen LogP contribution in [0.4, 0.5) is 0 Å². The summed E-state index contributed by atoms with van der Waals surface area (Å²) in [5, 5.41) is 35.2. The number of hydrogen-bond acceptors (Lipinski definition) is 7. The number of aromatic hydroxyl groups is 1. The van der Waals surface area contributed by atoms with Crippen molar-refractivity contribution in [3.8, 4) is 5.75 Å². The number of aliphatic hydroxyl groups is 1. The van der Waals surface area contributed by atoms with Crippen molar-refractivity contribution in [2.75, 3.05) is 6.61 Å². The number of phenolic OH excluding ortho intramolecular Hbond substituents is 1. The average Bonchev–Trinajstić information content (AvgIpc) is 2.86. The molecule has 0 aliphatic heterocycles. The van der Waals surface area contributed by atoms with Crippen molar-refractivity contribution >= 4 is 23.7 Å². The molecule has 0 saturated heterocycles. The molecule has 37 heavy (non-hydrogen) atoms. The summed E-state index contributed by atoms with van der Waals surface area (Å²) < 4.78 is 0. The zero-order chi connectivity index (χ0) is 27.5. The molecule has 200 valence electrons. The fourth-order valence-electron chi connectivity index (χ4n) is 3.55. The number of amides is 3. The van der Waals surface area contributed by atoms with Gasteiger partial charge >= 0.3 is 5.97 Å². The van der Waals surface area contributed by atoms with Crippen LogP contribution in [0.2, 0.25) is 0 Å². The lowest BCUT2D eigenvalue weighted by molar-refractivity contribution is -0.143. The van der Waals surface area contributed by atoms with Gasteiger partial charge in [0.2, 0.25) is 17.7 Å². The first-order chi connectivity index (χ1) is 17.5. The predicted molar refractivity (Wildman–Crippen MR) is 135 cm³/mol. The van der Waals surface area contributed by atoms with Crippen LogP contribution in [0.25, 0.3) is 0 Å². The SMILES string of the molecule is CC(C)C(NC(=O)C(Cc1ccccc1)NC(=O)C(N)Cc1ccc(O)cc1)C(=O)NC(CO)C(=O)O. The molecule has 11 heteroatoms. The Bertz CT molecular complexity index is 1060. The number of hydrogen-bond donors (Lipinski definition) is 7. The quantitative estimate of drug-likeness (QED) is 0.189. The molecule has 0 bridgehead atoms. The van der Waals surface area contributed by atoms with Crippen LogP contribution in [-0.2, 0) is 32.0 Å². The van der Waals surface area contributed by atoms with Gasteiger partial charge in [0, 0.05) is 6.42 Å². The Balaban J connectivity index is 2.18. The number of phenols is 1. The first-order valence-electron chi connectivity index (χ1n) is 11.8. The topological polar surface area (TPSA) is 191 Å². The Labute approximate surface area is 215 Å².